The van der Waals surface area contributed by atoms with Crippen LogP contribution in [0, 0.1) is 11.8 Å². The Bertz CT molecular complexity index is 405. The zero-order chi connectivity index (χ0) is 16.5. The molecule has 2 atom stereocenters. The number of isocyanates is 2. The van der Waals surface area contributed by atoms with Crippen molar-refractivity contribution >= 4 is 12.2 Å². The van der Waals surface area contributed by atoms with E-state index >= 15 is 0 Å². The molecule has 0 aliphatic heterocycles. The molecule has 0 fully saturated rings. The molecule has 0 aliphatic carbocycles. The molecule has 0 bridgehead atoms. The van der Waals surface area contributed by atoms with Crippen LogP contribution in [-0.4, -0.2) is 23.2 Å². The van der Waals surface area contributed by atoms with E-state index < -0.39 is 11.1 Å². The highest BCUT2D eigenvalue weighted by Crippen LogP contribution is 2.34. The summed E-state index contributed by atoms with van der Waals surface area (Å²) in [5.74, 6) is 1.45. The summed E-state index contributed by atoms with van der Waals surface area (Å²) in [4.78, 5) is 29.0. The monoisotopic (exact) mass is 294 g/mol. The lowest BCUT2D eigenvalue weighted by Gasteiger charge is -2.35. The van der Waals surface area contributed by atoms with Crippen LogP contribution in [0.4, 0.5) is 0 Å². The molecule has 0 amide bonds. The average molecular weight is 294 g/mol. The highest BCUT2D eigenvalue weighted by Gasteiger charge is 2.41. The van der Waals surface area contributed by atoms with Crippen molar-refractivity contribution in [3.63, 3.8) is 0 Å². The molecular weight excluding hydrogens is 264 g/mol. The van der Waals surface area contributed by atoms with Gasteiger partial charge in [-0.05, 0) is 39.0 Å². The van der Waals surface area contributed by atoms with Crippen molar-refractivity contribution in [1.82, 2.24) is 0 Å². The fourth-order valence-corrected chi connectivity index (χ4v) is 2.28. The highest BCUT2D eigenvalue weighted by atomic mass is 16.1. The standard InChI is InChI=1S/C17H30N2O2/c1-14(2)15(3)10-8-7-9-11-17(6,19-13-21)16(4,5)18-12-20/h14-15H,7-11H2,1-6H3. The molecule has 0 aromatic heterocycles. The molecule has 4 nitrogen and oxygen atoms in total. The van der Waals surface area contributed by atoms with Gasteiger partial charge in [-0.15, -0.1) is 0 Å². The van der Waals surface area contributed by atoms with Gasteiger partial charge in [0.25, 0.3) is 0 Å². The summed E-state index contributed by atoms with van der Waals surface area (Å²) < 4.78 is 0. The quantitative estimate of drug-likeness (QED) is 0.340. The number of nitrogens with zero attached hydrogens (tertiary/aromatic N) is 2. The minimum atomic E-state index is -0.739. The molecule has 0 heterocycles. The minimum absolute atomic E-state index is 0.699. The zero-order valence-electron chi connectivity index (χ0n) is 14.4. The normalized spacial score (nSPS) is 15.8. The highest BCUT2D eigenvalue weighted by molar-refractivity contribution is 5.39. The third kappa shape index (κ3) is 6.37. The Labute approximate surface area is 129 Å². The van der Waals surface area contributed by atoms with Crippen LogP contribution in [0.3, 0.4) is 0 Å². The molecule has 0 rings (SSSR count). The molecule has 2 unspecified atom stereocenters. The van der Waals surface area contributed by atoms with Crippen LogP contribution in [0.5, 0.6) is 0 Å². The van der Waals surface area contributed by atoms with Gasteiger partial charge >= 0.3 is 0 Å². The Balaban J connectivity index is 4.48. The van der Waals surface area contributed by atoms with Crippen LogP contribution in [0.2, 0.25) is 0 Å². The van der Waals surface area contributed by atoms with Crippen LogP contribution in [0.1, 0.15) is 73.6 Å². The largest absolute Gasteiger partial charge is 0.235 e. The second-order valence-electron chi connectivity index (χ2n) is 7.06. The van der Waals surface area contributed by atoms with Crippen molar-refractivity contribution in [2.75, 3.05) is 0 Å². The summed E-state index contributed by atoms with van der Waals surface area (Å²) in [6.45, 7) is 12.3. The van der Waals surface area contributed by atoms with Crippen molar-refractivity contribution in [3.05, 3.63) is 0 Å². The van der Waals surface area contributed by atoms with Gasteiger partial charge in [0.2, 0.25) is 12.2 Å². The van der Waals surface area contributed by atoms with Crippen molar-refractivity contribution in [2.24, 2.45) is 21.8 Å². The van der Waals surface area contributed by atoms with Crippen LogP contribution in [0.15, 0.2) is 9.98 Å². The number of unbranched alkanes of at least 4 members (excludes halogenated alkanes) is 2. The lowest BCUT2D eigenvalue weighted by atomic mass is 9.78. The van der Waals surface area contributed by atoms with E-state index in [1.54, 1.807) is 26.0 Å². The molecular formula is C17H30N2O2. The van der Waals surface area contributed by atoms with Crippen molar-refractivity contribution in [3.8, 4) is 0 Å². The van der Waals surface area contributed by atoms with E-state index in [4.69, 9.17) is 0 Å². The van der Waals surface area contributed by atoms with E-state index in [1.165, 1.54) is 12.8 Å². The fourth-order valence-electron chi connectivity index (χ4n) is 2.28. The first kappa shape index (κ1) is 19.8. The number of hydrogen-bond acceptors (Lipinski definition) is 4. The molecule has 0 saturated carbocycles. The molecule has 0 radical (unpaired) electrons. The lowest BCUT2D eigenvalue weighted by Crippen LogP contribution is -2.44. The van der Waals surface area contributed by atoms with E-state index in [0.29, 0.717) is 0 Å². The van der Waals surface area contributed by atoms with Crippen molar-refractivity contribution < 1.29 is 9.59 Å². The third-order valence-corrected chi connectivity index (χ3v) is 4.90. The minimum Gasteiger partial charge on any atom is -0.211 e. The maximum Gasteiger partial charge on any atom is 0.235 e. The van der Waals surface area contributed by atoms with Crippen molar-refractivity contribution in [2.45, 2.75) is 84.7 Å². The predicted octanol–water partition coefficient (Wildman–Crippen LogP) is 4.44. The van der Waals surface area contributed by atoms with E-state index in [9.17, 15) is 9.59 Å². The summed E-state index contributed by atoms with van der Waals surface area (Å²) in [5, 5.41) is 0. The van der Waals surface area contributed by atoms with Crippen LogP contribution >= 0.6 is 0 Å². The van der Waals surface area contributed by atoms with Crippen LogP contribution in [0.25, 0.3) is 0 Å². The van der Waals surface area contributed by atoms with E-state index in [-0.39, 0.29) is 0 Å². The molecule has 120 valence electrons. The Kier molecular flexibility index (Phi) is 8.39. The smallest absolute Gasteiger partial charge is 0.211 e. The molecule has 21 heavy (non-hydrogen) atoms. The van der Waals surface area contributed by atoms with Gasteiger partial charge in [-0.2, -0.15) is 9.98 Å². The average Bonchev–Trinajstić information content (AvgIpc) is 2.38. The van der Waals surface area contributed by atoms with Gasteiger partial charge in [-0.3, -0.25) is 0 Å². The van der Waals surface area contributed by atoms with Gasteiger partial charge in [0.05, 0.1) is 11.1 Å². The van der Waals surface area contributed by atoms with Gasteiger partial charge in [-0.25, -0.2) is 9.59 Å². The number of hydrogen-bond donors (Lipinski definition) is 0. The fraction of sp³-hybridized carbons (Fsp3) is 0.882. The maximum absolute atomic E-state index is 10.7. The first-order chi connectivity index (χ1) is 9.70. The van der Waals surface area contributed by atoms with Gasteiger partial charge < -0.3 is 0 Å². The van der Waals surface area contributed by atoms with Gasteiger partial charge in [0.1, 0.15) is 0 Å². The lowest BCUT2D eigenvalue weighted by molar-refractivity contribution is 0.259. The summed E-state index contributed by atoms with van der Waals surface area (Å²) in [6, 6.07) is 0. The first-order valence-electron chi connectivity index (χ1n) is 7.88. The van der Waals surface area contributed by atoms with Gasteiger partial charge in [0.15, 0.2) is 0 Å². The SMILES string of the molecule is CC(C)C(C)CCCCCC(C)(N=C=O)C(C)(C)N=C=O. The summed E-state index contributed by atoms with van der Waals surface area (Å²) in [5.41, 5.74) is -1.44. The molecule has 0 aliphatic rings. The number of carbonyl (C=O) groups excluding carboxylic acids is 2. The first-order valence-corrected chi connectivity index (χ1v) is 7.88. The summed E-state index contributed by atoms with van der Waals surface area (Å²) in [6.07, 6.45) is 8.40. The summed E-state index contributed by atoms with van der Waals surface area (Å²) in [7, 11) is 0. The molecule has 0 aromatic carbocycles. The molecule has 0 aromatic rings. The Morgan fingerprint density at radius 2 is 1.48 bits per heavy atom. The Morgan fingerprint density at radius 3 is 1.95 bits per heavy atom. The van der Waals surface area contributed by atoms with E-state index in [0.717, 1.165) is 31.1 Å². The Morgan fingerprint density at radius 1 is 0.905 bits per heavy atom. The van der Waals surface area contributed by atoms with Crippen molar-refractivity contribution in [1.29, 1.82) is 0 Å². The summed E-state index contributed by atoms with van der Waals surface area (Å²) >= 11 is 0. The van der Waals surface area contributed by atoms with E-state index in [2.05, 4.69) is 30.8 Å². The number of aliphatic imine (C=N–C) groups is 2. The number of rotatable bonds is 10. The predicted molar refractivity (Wildman–Crippen MR) is 85.8 cm³/mol. The third-order valence-electron chi connectivity index (χ3n) is 4.90. The molecule has 4 heteroatoms. The molecule has 0 saturated heterocycles. The van der Waals surface area contributed by atoms with Crippen LogP contribution < -0.4 is 0 Å². The molecule has 0 spiro atoms. The topological polar surface area (TPSA) is 58.9 Å². The molecule has 0 N–H and O–H groups in total. The second kappa shape index (κ2) is 8.92. The van der Waals surface area contributed by atoms with Gasteiger partial charge in [0, 0.05) is 0 Å². The maximum atomic E-state index is 10.7. The van der Waals surface area contributed by atoms with Crippen LogP contribution in [-0.2, 0) is 9.59 Å². The second-order valence-corrected chi connectivity index (χ2v) is 7.06. The Hall–Kier alpha value is -1.24. The zero-order valence-corrected chi connectivity index (χ0v) is 14.4. The van der Waals surface area contributed by atoms with E-state index in [1.807, 2.05) is 6.92 Å². The van der Waals surface area contributed by atoms with Gasteiger partial charge in [-0.1, -0.05) is 46.5 Å².